The second-order valence-corrected chi connectivity index (χ2v) is 6.25. The van der Waals surface area contributed by atoms with Crippen LogP contribution < -0.4 is 22.1 Å². The van der Waals surface area contributed by atoms with Gasteiger partial charge in [0.15, 0.2) is 11.6 Å². The Balaban J connectivity index is 2.07. The van der Waals surface area contributed by atoms with Crippen LogP contribution in [0.1, 0.15) is 44.7 Å². The lowest BCUT2D eigenvalue weighted by Gasteiger charge is -2.24. The fourth-order valence-electron chi connectivity index (χ4n) is 3.17. The normalized spacial score (nSPS) is 12.5. The summed E-state index contributed by atoms with van der Waals surface area (Å²) >= 11 is 0. The van der Waals surface area contributed by atoms with E-state index in [1.807, 2.05) is 12.1 Å². The minimum atomic E-state index is -0.132. The van der Waals surface area contributed by atoms with Gasteiger partial charge in [-0.2, -0.15) is 0 Å². The van der Waals surface area contributed by atoms with Gasteiger partial charge in [0.1, 0.15) is 0 Å². The Bertz CT molecular complexity index is 765. The number of carbonyl (C=O) groups excluding carboxylic acids is 2. The molecule has 0 heterocycles. The molecule has 1 aliphatic carbocycles. The molecule has 26 heavy (non-hydrogen) atoms. The van der Waals surface area contributed by atoms with Gasteiger partial charge < -0.3 is 22.1 Å². The van der Waals surface area contributed by atoms with Gasteiger partial charge in [0.25, 0.3) is 0 Å². The average Bonchev–Trinajstić information content (AvgIpc) is 2.67. The lowest BCUT2D eigenvalue weighted by atomic mass is 9.82. The molecule has 1 aliphatic rings. The van der Waals surface area contributed by atoms with Crippen molar-refractivity contribution >= 4 is 22.9 Å². The molecule has 0 spiro atoms. The zero-order valence-corrected chi connectivity index (χ0v) is 14.7. The highest BCUT2D eigenvalue weighted by Gasteiger charge is 2.33. The van der Waals surface area contributed by atoms with E-state index >= 15 is 0 Å². The number of hydrogen-bond donors (Lipinski definition) is 4. The first kappa shape index (κ1) is 18.1. The van der Waals surface area contributed by atoms with Crippen LogP contribution in [0.3, 0.4) is 0 Å². The SMILES string of the molecule is NCCCNc1ccc(NCCCN)c2c1C(=O)c1ccccc1C2=O. The molecule has 6 N–H and O–H groups in total. The minimum Gasteiger partial charge on any atom is -0.384 e. The van der Waals surface area contributed by atoms with E-state index in [-0.39, 0.29) is 11.6 Å². The summed E-state index contributed by atoms with van der Waals surface area (Å²) in [5.74, 6) is -0.263. The summed E-state index contributed by atoms with van der Waals surface area (Å²) in [7, 11) is 0. The lowest BCUT2D eigenvalue weighted by Crippen LogP contribution is -2.25. The van der Waals surface area contributed by atoms with Crippen molar-refractivity contribution in [3.05, 3.63) is 58.7 Å². The molecule has 0 fully saturated rings. The maximum atomic E-state index is 13.1. The molecule has 2 aromatic carbocycles. The molecule has 0 bridgehead atoms. The van der Waals surface area contributed by atoms with Crippen molar-refractivity contribution in [2.24, 2.45) is 11.5 Å². The highest BCUT2D eigenvalue weighted by Crippen LogP contribution is 2.36. The molecule has 0 aromatic heterocycles. The van der Waals surface area contributed by atoms with Crippen molar-refractivity contribution in [3.63, 3.8) is 0 Å². The fraction of sp³-hybridized carbons (Fsp3) is 0.300. The third-order valence-electron chi connectivity index (χ3n) is 4.47. The summed E-state index contributed by atoms with van der Waals surface area (Å²) in [6.07, 6.45) is 1.56. The highest BCUT2D eigenvalue weighted by atomic mass is 16.1. The average molecular weight is 352 g/mol. The van der Waals surface area contributed by atoms with Crippen molar-refractivity contribution in [2.75, 3.05) is 36.8 Å². The third-order valence-corrected chi connectivity index (χ3v) is 4.47. The summed E-state index contributed by atoms with van der Waals surface area (Å²) < 4.78 is 0. The van der Waals surface area contributed by atoms with E-state index in [0.29, 0.717) is 59.8 Å². The van der Waals surface area contributed by atoms with E-state index in [1.165, 1.54) is 0 Å². The van der Waals surface area contributed by atoms with E-state index in [9.17, 15) is 9.59 Å². The van der Waals surface area contributed by atoms with E-state index in [0.717, 1.165) is 12.8 Å². The van der Waals surface area contributed by atoms with E-state index in [4.69, 9.17) is 11.5 Å². The number of rotatable bonds is 8. The Morgan fingerprint density at radius 3 is 1.50 bits per heavy atom. The molecule has 0 saturated heterocycles. The molecule has 0 saturated carbocycles. The zero-order chi connectivity index (χ0) is 18.5. The summed E-state index contributed by atoms with van der Waals surface area (Å²) in [6, 6.07) is 10.7. The van der Waals surface area contributed by atoms with Gasteiger partial charge in [-0.25, -0.2) is 0 Å². The van der Waals surface area contributed by atoms with E-state index in [1.54, 1.807) is 24.3 Å². The van der Waals surface area contributed by atoms with Gasteiger partial charge in [-0.1, -0.05) is 24.3 Å². The second-order valence-electron chi connectivity index (χ2n) is 6.25. The summed E-state index contributed by atoms with van der Waals surface area (Å²) in [5.41, 5.74) is 14.2. The Morgan fingerprint density at radius 2 is 1.12 bits per heavy atom. The van der Waals surface area contributed by atoms with Crippen LogP contribution >= 0.6 is 0 Å². The van der Waals surface area contributed by atoms with Gasteiger partial charge in [0.2, 0.25) is 0 Å². The van der Waals surface area contributed by atoms with E-state index < -0.39 is 0 Å². The number of ketones is 2. The number of anilines is 2. The predicted molar refractivity (Wildman–Crippen MR) is 104 cm³/mol. The molecule has 6 nitrogen and oxygen atoms in total. The second kappa shape index (κ2) is 8.12. The Morgan fingerprint density at radius 1 is 0.692 bits per heavy atom. The van der Waals surface area contributed by atoms with Crippen LogP contribution in [0.2, 0.25) is 0 Å². The zero-order valence-electron chi connectivity index (χ0n) is 14.7. The van der Waals surface area contributed by atoms with Crippen molar-refractivity contribution in [2.45, 2.75) is 12.8 Å². The number of nitrogens with one attached hydrogen (secondary N) is 2. The summed E-state index contributed by atoms with van der Waals surface area (Å²) in [6.45, 7) is 2.41. The molecule has 136 valence electrons. The number of benzene rings is 2. The van der Waals surface area contributed by atoms with Gasteiger partial charge in [0, 0.05) is 35.6 Å². The van der Waals surface area contributed by atoms with Crippen LogP contribution in [0.5, 0.6) is 0 Å². The minimum absolute atomic E-state index is 0.132. The summed E-state index contributed by atoms with van der Waals surface area (Å²) in [5, 5.41) is 6.50. The first-order valence-corrected chi connectivity index (χ1v) is 8.92. The largest absolute Gasteiger partial charge is 0.384 e. The van der Waals surface area contributed by atoms with Crippen LogP contribution in [-0.4, -0.2) is 37.7 Å². The molecule has 0 aliphatic heterocycles. The van der Waals surface area contributed by atoms with Gasteiger partial charge in [-0.3, -0.25) is 9.59 Å². The van der Waals surface area contributed by atoms with Crippen LogP contribution in [0.15, 0.2) is 36.4 Å². The smallest absolute Gasteiger partial charge is 0.196 e. The number of nitrogens with two attached hydrogens (primary N) is 2. The Hall–Kier alpha value is -2.70. The molecule has 0 radical (unpaired) electrons. The van der Waals surface area contributed by atoms with E-state index in [2.05, 4.69) is 10.6 Å². The van der Waals surface area contributed by atoms with Crippen LogP contribution in [-0.2, 0) is 0 Å². The van der Waals surface area contributed by atoms with Gasteiger partial charge >= 0.3 is 0 Å². The molecule has 6 heteroatoms. The van der Waals surface area contributed by atoms with Crippen molar-refractivity contribution in [3.8, 4) is 0 Å². The number of carbonyl (C=O) groups is 2. The Kier molecular flexibility index (Phi) is 5.65. The first-order chi connectivity index (χ1) is 12.7. The predicted octanol–water partition coefficient (Wildman–Crippen LogP) is 1.98. The highest BCUT2D eigenvalue weighted by molar-refractivity contribution is 6.31. The van der Waals surface area contributed by atoms with Crippen LogP contribution in [0.25, 0.3) is 0 Å². The van der Waals surface area contributed by atoms with Crippen LogP contribution in [0, 0.1) is 0 Å². The monoisotopic (exact) mass is 352 g/mol. The third kappa shape index (κ3) is 3.34. The molecular formula is C20H24N4O2. The lowest BCUT2D eigenvalue weighted by molar-refractivity contribution is 0.0980. The maximum absolute atomic E-state index is 13.1. The summed E-state index contributed by atoms with van der Waals surface area (Å²) in [4.78, 5) is 26.2. The first-order valence-electron chi connectivity index (χ1n) is 8.92. The van der Waals surface area contributed by atoms with Crippen LogP contribution in [0.4, 0.5) is 11.4 Å². The van der Waals surface area contributed by atoms with Crippen molar-refractivity contribution in [1.29, 1.82) is 0 Å². The van der Waals surface area contributed by atoms with Crippen molar-refractivity contribution in [1.82, 2.24) is 0 Å². The molecule has 0 atom stereocenters. The van der Waals surface area contributed by atoms with Crippen molar-refractivity contribution < 1.29 is 9.59 Å². The van der Waals surface area contributed by atoms with Gasteiger partial charge in [0.05, 0.1) is 11.1 Å². The Labute approximate surface area is 153 Å². The quantitative estimate of drug-likeness (QED) is 0.462. The molecule has 3 rings (SSSR count). The topological polar surface area (TPSA) is 110 Å². The number of fused-ring (bicyclic) bond motifs is 2. The van der Waals surface area contributed by atoms with Gasteiger partial charge in [-0.15, -0.1) is 0 Å². The molecule has 2 aromatic rings. The molecule has 0 unspecified atom stereocenters. The number of hydrogen-bond acceptors (Lipinski definition) is 6. The maximum Gasteiger partial charge on any atom is 0.196 e. The standard InChI is InChI=1S/C20H24N4O2/c21-9-3-11-23-15-7-8-16(24-12-4-10-22)18-17(15)19(25)13-5-1-2-6-14(13)20(18)26/h1-2,5-8,23-24H,3-4,9-12,21-22H2. The molecular weight excluding hydrogens is 328 g/mol. The molecule has 0 amide bonds. The fourth-order valence-corrected chi connectivity index (χ4v) is 3.17. The van der Waals surface area contributed by atoms with Gasteiger partial charge in [-0.05, 0) is 38.1 Å².